The Balaban J connectivity index is 2.00. The van der Waals surface area contributed by atoms with E-state index in [1.165, 1.54) is 4.90 Å². The van der Waals surface area contributed by atoms with E-state index in [4.69, 9.17) is 10.4 Å². The molecule has 1 N–H and O–H groups in total. The summed E-state index contributed by atoms with van der Waals surface area (Å²) in [5.41, 5.74) is 1.51. The number of carboxylic acid groups (broad SMARTS) is 1. The lowest BCUT2D eigenvalue weighted by Gasteiger charge is -2.29. The van der Waals surface area contributed by atoms with Crippen LogP contribution in [-0.2, 0) is 0 Å². The van der Waals surface area contributed by atoms with Gasteiger partial charge >= 0.3 is 6.09 Å². The highest BCUT2D eigenvalue weighted by atomic mass is 16.4. The van der Waals surface area contributed by atoms with Crippen LogP contribution in [-0.4, -0.2) is 34.2 Å². The SMILES string of the molecule is N#Cc1ccc(C2CCN(C(=O)O)CC2)cn1. The van der Waals surface area contributed by atoms with Gasteiger partial charge in [0, 0.05) is 19.3 Å². The van der Waals surface area contributed by atoms with Gasteiger partial charge in [-0.05, 0) is 30.4 Å². The Kier molecular flexibility index (Phi) is 3.24. The number of rotatable bonds is 1. The summed E-state index contributed by atoms with van der Waals surface area (Å²) in [4.78, 5) is 16.2. The fourth-order valence-corrected chi connectivity index (χ4v) is 2.12. The summed E-state index contributed by atoms with van der Waals surface area (Å²) in [6, 6.07) is 5.60. The van der Waals surface area contributed by atoms with Crippen molar-refractivity contribution in [2.24, 2.45) is 0 Å². The molecule has 5 nitrogen and oxygen atoms in total. The molecule has 0 aliphatic carbocycles. The maximum Gasteiger partial charge on any atom is 0.407 e. The van der Waals surface area contributed by atoms with E-state index in [1.54, 1.807) is 12.3 Å². The summed E-state index contributed by atoms with van der Waals surface area (Å²) < 4.78 is 0. The van der Waals surface area contributed by atoms with E-state index >= 15 is 0 Å². The van der Waals surface area contributed by atoms with Crippen LogP contribution in [0.4, 0.5) is 4.79 Å². The zero-order valence-corrected chi connectivity index (χ0v) is 9.33. The average molecular weight is 231 g/mol. The van der Waals surface area contributed by atoms with E-state index in [0.717, 1.165) is 18.4 Å². The highest BCUT2D eigenvalue weighted by molar-refractivity contribution is 5.65. The molecule has 0 aromatic carbocycles. The van der Waals surface area contributed by atoms with E-state index in [0.29, 0.717) is 24.7 Å². The minimum Gasteiger partial charge on any atom is -0.465 e. The van der Waals surface area contributed by atoms with Crippen molar-refractivity contribution in [3.63, 3.8) is 0 Å². The van der Waals surface area contributed by atoms with Crippen LogP contribution in [0.1, 0.15) is 30.0 Å². The quantitative estimate of drug-likeness (QED) is 0.799. The predicted octanol–water partition coefficient (Wildman–Crippen LogP) is 1.81. The van der Waals surface area contributed by atoms with E-state index in [-0.39, 0.29) is 0 Å². The highest BCUT2D eigenvalue weighted by Gasteiger charge is 2.23. The van der Waals surface area contributed by atoms with E-state index < -0.39 is 6.09 Å². The third-order valence-electron chi connectivity index (χ3n) is 3.14. The van der Waals surface area contributed by atoms with Gasteiger partial charge in [-0.25, -0.2) is 9.78 Å². The molecule has 1 aliphatic heterocycles. The number of pyridine rings is 1. The molecular formula is C12H13N3O2. The maximum absolute atomic E-state index is 10.8. The molecule has 0 atom stereocenters. The highest BCUT2D eigenvalue weighted by Crippen LogP contribution is 2.27. The number of likely N-dealkylation sites (tertiary alicyclic amines) is 1. The third kappa shape index (κ3) is 2.53. The van der Waals surface area contributed by atoms with Crippen molar-refractivity contribution in [1.29, 1.82) is 5.26 Å². The van der Waals surface area contributed by atoms with E-state index in [9.17, 15) is 4.79 Å². The minimum absolute atomic E-state index is 0.353. The van der Waals surface area contributed by atoms with Crippen molar-refractivity contribution in [3.05, 3.63) is 29.6 Å². The number of nitriles is 1. The lowest BCUT2D eigenvalue weighted by molar-refractivity contribution is 0.132. The van der Waals surface area contributed by atoms with Crippen LogP contribution in [0, 0.1) is 11.3 Å². The molecule has 0 spiro atoms. The molecule has 0 radical (unpaired) electrons. The molecule has 1 saturated heterocycles. The van der Waals surface area contributed by atoms with Gasteiger partial charge in [0.1, 0.15) is 11.8 Å². The molecule has 1 aliphatic rings. The fraction of sp³-hybridized carbons (Fsp3) is 0.417. The number of nitrogens with zero attached hydrogens (tertiary/aromatic N) is 3. The van der Waals surface area contributed by atoms with Crippen LogP contribution in [0.25, 0.3) is 0 Å². The largest absolute Gasteiger partial charge is 0.465 e. The number of hydrogen-bond acceptors (Lipinski definition) is 3. The molecule has 1 amide bonds. The van der Waals surface area contributed by atoms with Crippen LogP contribution in [0.3, 0.4) is 0 Å². The molecule has 0 saturated carbocycles. The minimum atomic E-state index is -0.846. The zero-order valence-electron chi connectivity index (χ0n) is 9.33. The van der Waals surface area contributed by atoms with Gasteiger partial charge in [0.05, 0.1) is 0 Å². The van der Waals surface area contributed by atoms with Crippen LogP contribution in [0.2, 0.25) is 0 Å². The first-order valence-electron chi connectivity index (χ1n) is 5.54. The smallest absolute Gasteiger partial charge is 0.407 e. The number of amides is 1. The molecule has 1 aromatic heterocycles. The molecule has 1 aromatic rings. The summed E-state index contributed by atoms with van der Waals surface area (Å²) in [6.07, 6.45) is 2.51. The molecule has 88 valence electrons. The van der Waals surface area contributed by atoms with Crippen molar-refractivity contribution in [2.75, 3.05) is 13.1 Å². The van der Waals surface area contributed by atoms with Gasteiger partial charge in [0.15, 0.2) is 0 Å². The van der Waals surface area contributed by atoms with Gasteiger partial charge in [-0.1, -0.05) is 6.07 Å². The second kappa shape index (κ2) is 4.83. The lowest BCUT2D eigenvalue weighted by Crippen LogP contribution is -2.36. The predicted molar refractivity (Wildman–Crippen MR) is 60.5 cm³/mol. The number of aromatic nitrogens is 1. The zero-order chi connectivity index (χ0) is 12.3. The van der Waals surface area contributed by atoms with Crippen LogP contribution < -0.4 is 0 Å². The van der Waals surface area contributed by atoms with Crippen LogP contribution >= 0.6 is 0 Å². The van der Waals surface area contributed by atoms with Gasteiger partial charge in [-0.2, -0.15) is 5.26 Å². The molecule has 2 heterocycles. The fourth-order valence-electron chi connectivity index (χ4n) is 2.12. The Hall–Kier alpha value is -2.09. The molecule has 1 fully saturated rings. The molecule has 17 heavy (non-hydrogen) atoms. The van der Waals surface area contributed by atoms with Crippen LogP contribution in [0.15, 0.2) is 18.3 Å². The summed E-state index contributed by atoms with van der Waals surface area (Å²) in [5, 5.41) is 17.5. The molecule has 2 rings (SSSR count). The molecule has 5 heteroatoms. The summed E-state index contributed by atoms with van der Waals surface area (Å²) in [7, 11) is 0. The Morgan fingerprint density at radius 3 is 2.65 bits per heavy atom. The molecule has 0 unspecified atom stereocenters. The van der Waals surface area contributed by atoms with Gasteiger partial charge in [0.25, 0.3) is 0 Å². The summed E-state index contributed by atoms with van der Waals surface area (Å²) in [6.45, 7) is 1.14. The first-order valence-corrected chi connectivity index (χ1v) is 5.54. The van der Waals surface area contributed by atoms with E-state index in [2.05, 4.69) is 4.98 Å². The number of hydrogen-bond donors (Lipinski definition) is 1. The van der Waals surface area contributed by atoms with Crippen molar-refractivity contribution in [1.82, 2.24) is 9.88 Å². The maximum atomic E-state index is 10.8. The second-order valence-corrected chi connectivity index (χ2v) is 4.13. The third-order valence-corrected chi connectivity index (χ3v) is 3.14. The van der Waals surface area contributed by atoms with E-state index in [1.807, 2.05) is 12.1 Å². The summed E-state index contributed by atoms with van der Waals surface area (Å²) in [5.74, 6) is 0.353. The first kappa shape index (κ1) is 11.4. The topological polar surface area (TPSA) is 77.2 Å². The molecular weight excluding hydrogens is 218 g/mol. The Morgan fingerprint density at radius 1 is 1.47 bits per heavy atom. The second-order valence-electron chi connectivity index (χ2n) is 4.13. The average Bonchev–Trinajstić information content (AvgIpc) is 2.39. The number of carbonyl (C=O) groups is 1. The van der Waals surface area contributed by atoms with Crippen LogP contribution in [0.5, 0.6) is 0 Å². The van der Waals surface area contributed by atoms with Crippen molar-refractivity contribution >= 4 is 6.09 Å². The van der Waals surface area contributed by atoms with Gasteiger partial charge in [0.2, 0.25) is 0 Å². The standard InChI is InChI=1S/C12H13N3O2/c13-7-11-2-1-10(8-14-11)9-3-5-15(6-4-9)12(16)17/h1-2,8-9H,3-6H2,(H,16,17). The molecule has 0 bridgehead atoms. The Labute approximate surface area is 99.3 Å². The van der Waals surface area contributed by atoms with Gasteiger partial charge < -0.3 is 10.0 Å². The Bertz CT molecular complexity index is 442. The van der Waals surface area contributed by atoms with Gasteiger partial charge in [-0.3, -0.25) is 0 Å². The monoisotopic (exact) mass is 231 g/mol. The Morgan fingerprint density at radius 2 is 2.18 bits per heavy atom. The normalized spacial score (nSPS) is 16.5. The number of piperidine rings is 1. The van der Waals surface area contributed by atoms with Crippen molar-refractivity contribution in [3.8, 4) is 6.07 Å². The van der Waals surface area contributed by atoms with Gasteiger partial charge in [-0.15, -0.1) is 0 Å². The summed E-state index contributed by atoms with van der Waals surface area (Å²) >= 11 is 0. The lowest BCUT2D eigenvalue weighted by atomic mass is 9.90. The first-order chi connectivity index (χ1) is 8.20. The van der Waals surface area contributed by atoms with Crippen molar-refractivity contribution < 1.29 is 9.90 Å². The van der Waals surface area contributed by atoms with Crippen molar-refractivity contribution in [2.45, 2.75) is 18.8 Å².